The Bertz CT molecular complexity index is 686. The summed E-state index contributed by atoms with van der Waals surface area (Å²) in [6.45, 7) is 2.07. The summed E-state index contributed by atoms with van der Waals surface area (Å²) in [7, 11) is 0. The number of nitrogens with zero attached hydrogens (tertiary/aromatic N) is 1. The highest BCUT2D eigenvalue weighted by atomic mass is 15.0. The first-order valence-corrected chi connectivity index (χ1v) is 6.49. The summed E-state index contributed by atoms with van der Waals surface area (Å²) >= 11 is 0. The van der Waals surface area contributed by atoms with Crippen LogP contribution in [0, 0.1) is 6.92 Å². The van der Waals surface area contributed by atoms with Crippen molar-refractivity contribution in [1.82, 2.24) is 9.97 Å². The van der Waals surface area contributed by atoms with Crippen molar-refractivity contribution in [2.24, 2.45) is 5.73 Å². The molecule has 1 heterocycles. The number of H-pyrrole nitrogens is 1. The lowest BCUT2D eigenvalue weighted by Crippen LogP contribution is -2.14. The van der Waals surface area contributed by atoms with E-state index in [9.17, 15) is 0 Å². The fourth-order valence-corrected chi connectivity index (χ4v) is 2.33. The van der Waals surface area contributed by atoms with E-state index >= 15 is 0 Å². The van der Waals surface area contributed by atoms with E-state index in [-0.39, 0.29) is 6.04 Å². The molecule has 0 spiro atoms. The van der Waals surface area contributed by atoms with Crippen molar-refractivity contribution in [3.63, 3.8) is 0 Å². The minimum atomic E-state index is -0.103. The van der Waals surface area contributed by atoms with Crippen LogP contribution in [0.4, 0.5) is 0 Å². The molecule has 0 aliphatic carbocycles. The number of fused-ring (bicyclic) bond motifs is 1. The van der Waals surface area contributed by atoms with Crippen LogP contribution in [0.15, 0.2) is 48.5 Å². The highest BCUT2D eigenvalue weighted by Crippen LogP contribution is 2.20. The van der Waals surface area contributed by atoms with Crippen LogP contribution in [-0.2, 0) is 6.42 Å². The van der Waals surface area contributed by atoms with Gasteiger partial charge in [0.15, 0.2) is 0 Å². The molecule has 3 N–H and O–H groups in total. The normalized spacial score (nSPS) is 12.7. The lowest BCUT2D eigenvalue weighted by molar-refractivity contribution is 0.680. The Morgan fingerprint density at radius 3 is 2.63 bits per heavy atom. The van der Waals surface area contributed by atoms with Crippen LogP contribution in [0.2, 0.25) is 0 Å². The number of hydrogen-bond acceptors (Lipinski definition) is 2. The third-order valence-electron chi connectivity index (χ3n) is 3.38. The Hall–Kier alpha value is -2.13. The molecular formula is C16H17N3. The molecule has 3 aromatic rings. The predicted octanol–water partition coefficient (Wildman–Crippen LogP) is 3.11. The molecule has 0 fully saturated rings. The predicted molar refractivity (Wildman–Crippen MR) is 77.9 cm³/mol. The Labute approximate surface area is 112 Å². The molecule has 3 nitrogen and oxygen atoms in total. The van der Waals surface area contributed by atoms with Crippen LogP contribution in [0.25, 0.3) is 11.0 Å². The van der Waals surface area contributed by atoms with Crippen molar-refractivity contribution in [2.75, 3.05) is 0 Å². The molecule has 1 aromatic heterocycles. The second-order valence-electron chi connectivity index (χ2n) is 4.89. The van der Waals surface area contributed by atoms with Gasteiger partial charge in [-0.15, -0.1) is 0 Å². The second kappa shape index (κ2) is 4.86. The third-order valence-corrected chi connectivity index (χ3v) is 3.38. The number of aromatic amines is 1. The maximum Gasteiger partial charge on any atom is 0.124 e. The zero-order chi connectivity index (χ0) is 13.2. The molecule has 19 heavy (non-hydrogen) atoms. The standard InChI is InChI=1S/C16H17N3/c1-11-6-5-9-14-15(11)19-16(18-14)13(17)10-12-7-3-2-4-8-12/h2-9,13H,10,17H2,1H3,(H,18,19). The minimum absolute atomic E-state index is 0.103. The van der Waals surface area contributed by atoms with Crippen LogP contribution in [0.1, 0.15) is 23.0 Å². The zero-order valence-corrected chi connectivity index (χ0v) is 10.9. The third kappa shape index (κ3) is 2.37. The van der Waals surface area contributed by atoms with Gasteiger partial charge in [-0.3, -0.25) is 0 Å². The number of para-hydroxylation sites is 1. The fourth-order valence-electron chi connectivity index (χ4n) is 2.33. The summed E-state index contributed by atoms with van der Waals surface area (Å²) in [6, 6.07) is 16.3. The summed E-state index contributed by atoms with van der Waals surface area (Å²) in [5.74, 6) is 0.855. The molecule has 1 unspecified atom stereocenters. The average molecular weight is 251 g/mol. The number of benzene rings is 2. The summed E-state index contributed by atoms with van der Waals surface area (Å²) in [6.07, 6.45) is 0.791. The van der Waals surface area contributed by atoms with E-state index < -0.39 is 0 Å². The maximum absolute atomic E-state index is 6.25. The zero-order valence-electron chi connectivity index (χ0n) is 10.9. The Balaban J connectivity index is 1.89. The molecular weight excluding hydrogens is 234 g/mol. The van der Waals surface area contributed by atoms with Crippen LogP contribution in [-0.4, -0.2) is 9.97 Å². The molecule has 0 saturated carbocycles. The Morgan fingerprint density at radius 1 is 1.11 bits per heavy atom. The topological polar surface area (TPSA) is 54.7 Å². The summed E-state index contributed by atoms with van der Waals surface area (Å²) in [5, 5.41) is 0. The Morgan fingerprint density at radius 2 is 1.89 bits per heavy atom. The van der Waals surface area contributed by atoms with E-state index in [2.05, 4.69) is 35.1 Å². The molecule has 0 saturated heterocycles. The smallest absolute Gasteiger partial charge is 0.124 e. The van der Waals surface area contributed by atoms with E-state index in [4.69, 9.17) is 5.73 Å². The molecule has 0 amide bonds. The number of nitrogens with one attached hydrogen (secondary N) is 1. The highest BCUT2D eigenvalue weighted by Gasteiger charge is 2.12. The molecule has 0 aliphatic rings. The van der Waals surface area contributed by atoms with Gasteiger partial charge in [0.05, 0.1) is 17.1 Å². The second-order valence-corrected chi connectivity index (χ2v) is 4.89. The highest BCUT2D eigenvalue weighted by molar-refractivity contribution is 5.78. The first kappa shape index (κ1) is 11.9. The van der Waals surface area contributed by atoms with Gasteiger partial charge in [0.25, 0.3) is 0 Å². The summed E-state index contributed by atoms with van der Waals surface area (Å²) in [4.78, 5) is 7.95. The van der Waals surface area contributed by atoms with Crippen molar-refractivity contribution in [1.29, 1.82) is 0 Å². The van der Waals surface area contributed by atoms with E-state index in [1.165, 1.54) is 11.1 Å². The first-order chi connectivity index (χ1) is 9.24. The minimum Gasteiger partial charge on any atom is -0.341 e. The van der Waals surface area contributed by atoms with E-state index in [1.54, 1.807) is 0 Å². The van der Waals surface area contributed by atoms with Gasteiger partial charge in [-0.05, 0) is 30.5 Å². The van der Waals surface area contributed by atoms with E-state index in [1.807, 2.05) is 30.3 Å². The fraction of sp³-hybridized carbons (Fsp3) is 0.188. The number of rotatable bonds is 3. The van der Waals surface area contributed by atoms with Gasteiger partial charge in [-0.2, -0.15) is 0 Å². The molecule has 96 valence electrons. The number of nitrogens with two attached hydrogens (primary N) is 1. The molecule has 3 rings (SSSR count). The van der Waals surface area contributed by atoms with Crippen LogP contribution in [0.5, 0.6) is 0 Å². The van der Waals surface area contributed by atoms with Crippen molar-refractivity contribution in [2.45, 2.75) is 19.4 Å². The van der Waals surface area contributed by atoms with Gasteiger partial charge in [-0.25, -0.2) is 4.98 Å². The van der Waals surface area contributed by atoms with Crippen molar-refractivity contribution in [3.8, 4) is 0 Å². The molecule has 0 aliphatic heterocycles. The van der Waals surface area contributed by atoms with Gasteiger partial charge >= 0.3 is 0 Å². The SMILES string of the molecule is Cc1cccc2[nH]c(C(N)Cc3ccccc3)nc12. The van der Waals surface area contributed by atoms with Gasteiger partial charge in [0.2, 0.25) is 0 Å². The van der Waals surface area contributed by atoms with Crippen molar-refractivity contribution in [3.05, 3.63) is 65.5 Å². The van der Waals surface area contributed by atoms with Gasteiger partial charge in [0.1, 0.15) is 5.82 Å². The van der Waals surface area contributed by atoms with E-state index in [0.29, 0.717) is 0 Å². The summed E-state index contributed by atoms with van der Waals surface area (Å²) < 4.78 is 0. The maximum atomic E-state index is 6.25. The number of aromatic nitrogens is 2. The molecule has 1 atom stereocenters. The number of hydrogen-bond donors (Lipinski definition) is 2. The van der Waals surface area contributed by atoms with Gasteiger partial charge in [0, 0.05) is 0 Å². The number of aryl methyl sites for hydroxylation is 1. The Kier molecular flexibility index (Phi) is 3.05. The summed E-state index contributed by atoms with van der Waals surface area (Å²) in [5.41, 5.74) is 10.7. The first-order valence-electron chi connectivity index (χ1n) is 6.49. The lowest BCUT2D eigenvalue weighted by atomic mass is 10.1. The van der Waals surface area contributed by atoms with Crippen LogP contribution in [0.3, 0.4) is 0 Å². The molecule has 0 bridgehead atoms. The van der Waals surface area contributed by atoms with Gasteiger partial charge < -0.3 is 10.7 Å². The van der Waals surface area contributed by atoms with E-state index in [0.717, 1.165) is 23.3 Å². The van der Waals surface area contributed by atoms with Crippen molar-refractivity contribution >= 4 is 11.0 Å². The van der Waals surface area contributed by atoms with Crippen LogP contribution < -0.4 is 5.73 Å². The molecule has 3 heteroatoms. The van der Waals surface area contributed by atoms with Crippen molar-refractivity contribution < 1.29 is 0 Å². The number of imidazole rings is 1. The molecule has 0 radical (unpaired) electrons. The monoisotopic (exact) mass is 251 g/mol. The van der Waals surface area contributed by atoms with Crippen LogP contribution >= 0.6 is 0 Å². The quantitative estimate of drug-likeness (QED) is 0.751. The average Bonchev–Trinajstić information content (AvgIpc) is 2.85. The largest absolute Gasteiger partial charge is 0.341 e. The molecule has 2 aromatic carbocycles. The lowest BCUT2D eigenvalue weighted by Gasteiger charge is -2.08. The van der Waals surface area contributed by atoms with Gasteiger partial charge in [-0.1, -0.05) is 42.5 Å².